The Labute approximate surface area is 181 Å². The molecule has 10 heteroatoms. The van der Waals surface area contributed by atoms with E-state index >= 15 is 0 Å². The molecule has 1 heterocycles. The highest BCUT2D eigenvalue weighted by Crippen LogP contribution is 2.29. The second kappa shape index (κ2) is 8.85. The SMILES string of the molecule is CC(Sc1nc2ccccc2c(=O)n1C(C)C)C(=O)Nc1ccc([N+](=O)[O-])cc1Cl. The lowest BCUT2D eigenvalue weighted by Crippen LogP contribution is -2.28. The van der Waals surface area contributed by atoms with Gasteiger partial charge in [0.1, 0.15) is 0 Å². The molecule has 1 amide bonds. The van der Waals surface area contributed by atoms with Crippen molar-refractivity contribution in [1.82, 2.24) is 9.55 Å². The van der Waals surface area contributed by atoms with Crippen molar-refractivity contribution >= 4 is 51.5 Å². The van der Waals surface area contributed by atoms with Crippen molar-refractivity contribution in [2.75, 3.05) is 5.32 Å². The van der Waals surface area contributed by atoms with Gasteiger partial charge in [0.25, 0.3) is 11.2 Å². The fourth-order valence-electron chi connectivity index (χ4n) is 2.83. The lowest BCUT2D eigenvalue weighted by molar-refractivity contribution is -0.384. The summed E-state index contributed by atoms with van der Waals surface area (Å²) in [5, 5.41) is 13.9. The maximum Gasteiger partial charge on any atom is 0.271 e. The van der Waals surface area contributed by atoms with Gasteiger partial charge in [-0.25, -0.2) is 4.98 Å². The van der Waals surface area contributed by atoms with E-state index in [2.05, 4.69) is 10.3 Å². The van der Waals surface area contributed by atoms with E-state index in [1.807, 2.05) is 13.8 Å². The third kappa shape index (κ3) is 4.47. The van der Waals surface area contributed by atoms with Crippen LogP contribution in [-0.4, -0.2) is 25.6 Å². The summed E-state index contributed by atoms with van der Waals surface area (Å²) in [4.78, 5) is 40.4. The predicted octanol–water partition coefficient (Wildman–Crippen LogP) is 4.66. The summed E-state index contributed by atoms with van der Waals surface area (Å²) >= 11 is 7.21. The number of carbonyl (C=O) groups is 1. The second-order valence-corrected chi connectivity index (χ2v) is 8.57. The maximum absolute atomic E-state index is 12.9. The Morgan fingerprint density at radius 1 is 1.23 bits per heavy atom. The highest BCUT2D eigenvalue weighted by atomic mass is 35.5. The maximum atomic E-state index is 12.9. The van der Waals surface area contributed by atoms with Gasteiger partial charge < -0.3 is 5.32 Å². The number of carbonyl (C=O) groups excluding carboxylic acids is 1. The number of hydrogen-bond acceptors (Lipinski definition) is 6. The highest BCUT2D eigenvalue weighted by Gasteiger charge is 2.21. The number of non-ortho nitro benzene ring substituents is 1. The fourth-order valence-corrected chi connectivity index (χ4v) is 4.09. The molecule has 1 unspecified atom stereocenters. The molecular formula is C20H19ClN4O4S. The molecule has 156 valence electrons. The lowest BCUT2D eigenvalue weighted by Gasteiger charge is -2.18. The average molecular weight is 447 g/mol. The Morgan fingerprint density at radius 2 is 1.93 bits per heavy atom. The molecule has 0 aliphatic heterocycles. The predicted molar refractivity (Wildman–Crippen MR) is 118 cm³/mol. The molecule has 0 aliphatic rings. The minimum Gasteiger partial charge on any atom is -0.324 e. The summed E-state index contributed by atoms with van der Waals surface area (Å²) in [7, 11) is 0. The van der Waals surface area contributed by atoms with Crippen molar-refractivity contribution in [3.05, 3.63) is 68.0 Å². The minimum absolute atomic E-state index is 0.0673. The van der Waals surface area contributed by atoms with Crippen LogP contribution in [0.4, 0.5) is 11.4 Å². The van der Waals surface area contributed by atoms with Crippen LogP contribution < -0.4 is 10.9 Å². The number of nitro benzene ring substituents is 1. The van der Waals surface area contributed by atoms with Gasteiger partial charge in [-0.2, -0.15) is 0 Å². The van der Waals surface area contributed by atoms with Crippen LogP contribution >= 0.6 is 23.4 Å². The molecule has 3 rings (SSSR count). The number of nitrogens with zero attached hydrogens (tertiary/aromatic N) is 3. The van der Waals surface area contributed by atoms with Crippen LogP contribution in [-0.2, 0) is 4.79 Å². The van der Waals surface area contributed by atoms with Crippen LogP contribution in [0.2, 0.25) is 5.02 Å². The number of rotatable bonds is 6. The summed E-state index contributed by atoms with van der Waals surface area (Å²) in [5.74, 6) is -0.367. The summed E-state index contributed by atoms with van der Waals surface area (Å²) in [6, 6.07) is 10.8. The van der Waals surface area contributed by atoms with E-state index in [1.165, 1.54) is 18.2 Å². The zero-order chi connectivity index (χ0) is 22.0. The number of nitrogens with one attached hydrogen (secondary N) is 1. The number of anilines is 1. The van der Waals surface area contributed by atoms with Crippen LogP contribution in [0.15, 0.2) is 52.4 Å². The molecule has 8 nitrogen and oxygen atoms in total. The molecule has 2 aromatic carbocycles. The number of amides is 1. The van der Waals surface area contributed by atoms with Crippen molar-refractivity contribution in [2.45, 2.75) is 37.2 Å². The van der Waals surface area contributed by atoms with E-state index in [0.29, 0.717) is 16.1 Å². The van der Waals surface area contributed by atoms with Gasteiger partial charge >= 0.3 is 0 Å². The van der Waals surface area contributed by atoms with Gasteiger partial charge in [0.15, 0.2) is 5.16 Å². The fraction of sp³-hybridized carbons (Fsp3) is 0.250. The van der Waals surface area contributed by atoms with Gasteiger partial charge in [-0.15, -0.1) is 0 Å². The molecule has 0 bridgehead atoms. The zero-order valence-corrected chi connectivity index (χ0v) is 18.0. The van der Waals surface area contributed by atoms with Crippen molar-refractivity contribution < 1.29 is 9.72 Å². The molecule has 0 saturated heterocycles. The summed E-state index contributed by atoms with van der Waals surface area (Å²) < 4.78 is 1.57. The van der Waals surface area contributed by atoms with Crippen LogP contribution in [0.5, 0.6) is 0 Å². The Morgan fingerprint density at radius 3 is 2.57 bits per heavy atom. The first-order valence-corrected chi connectivity index (χ1v) is 10.4. The van der Waals surface area contributed by atoms with E-state index in [0.717, 1.165) is 11.8 Å². The molecule has 30 heavy (non-hydrogen) atoms. The Bertz CT molecular complexity index is 1200. The van der Waals surface area contributed by atoms with E-state index in [9.17, 15) is 19.7 Å². The number of para-hydroxylation sites is 1. The monoisotopic (exact) mass is 446 g/mol. The average Bonchev–Trinajstić information content (AvgIpc) is 2.69. The largest absolute Gasteiger partial charge is 0.324 e. The van der Waals surface area contributed by atoms with E-state index in [1.54, 1.807) is 35.8 Å². The van der Waals surface area contributed by atoms with Gasteiger partial charge in [-0.1, -0.05) is 35.5 Å². The van der Waals surface area contributed by atoms with Crippen LogP contribution in [0, 0.1) is 10.1 Å². The molecule has 3 aromatic rings. The lowest BCUT2D eigenvalue weighted by atomic mass is 10.2. The van der Waals surface area contributed by atoms with Crippen molar-refractivity contribution in [1.29, 1.82) is 0 Å². The summed E-state index contributed by atoms with van der Waals surface area (Å²) in [5.41, 5.74) is 0.506. The molecule has 0 aliphatic carbocycles. The number of benzene rings is 2. The number of thioether (sulfide) groups is 1. The normalized spacial score (nSPS) is 12.2. The van der Waals surface area contributed by atoms with Gasteiger partial charge in [0.2, 0.25) is 5.91 Å². The quantitative estimate of drug-likeness (QED) is 0.255. The molecule has 1 aromatic heterocycles. The Kier molecular flexibility index (Phi) is 6.42. The first kappa shape index (κ1) is 21.8. The molecule has 0 saturated carbocycles. The number of hydrogen-bond donors (Lipinski definition) is 1. The van der Waals surface area contributed by atoms with Crippen LogP contribution in [0.1, 0.15) is 26.8 Å². The topological polar surface area (TPSA) is 107 Å². The molecule has 0 spiro atoms. The molecular weight excluding hydrogens is 428 g/mol. The summed E-state index contributed by atoms with van der Waals surface area (Å²) in [6.45, 7) is 5.44. The summed E-state index contributed by atoms with van der Waals surface area (Å²) in [6.07, 6.45) is 0. The first-order chi connectivity index (χ1) is 14.2. The number of aromatic nitrogens is 2. The van der Waals surface area contributed by atoms with E-state index in [4.69, 9.17) is 11.6 Å². The van der Waals surface area contributed by atoms with E-state index in [-0.39, 0.29) is 33.9 Å². The van der Waals surface area contributed by atoms with Gasteiger partial charge in [-0.05, 0) is 39.0 Å². The van der Waals surface area contributed by atoms with Crippen molar-refractivity contribution in [3.63, 3.8) is 0 Å². The van der Waals surface area contributed by atoms with Gasteiger partial charge in [0.05, 0.1) is 31.8 Å². The number of halogens is 1. The third-order valence-electron chi connectivity index (χ3n) is 4.36. The van der Waals surface area contributed by atoms with Crippen molar-refractivity contribution in [2.24, 2.45) is 0 Å². The Balaban J connectivity index is 1.87. The molecule has 1 atom stereocenters. The van der Waals surface area contributed by atoms with Crippen molar-refractivity contribution in [3.8, 4) is 0 Å². The zero-order valence-electron chi connectivity index (χ0n) is 16.5. The van der Waals surface area contributed by atoms with E-state index < -0.39 is 10.2 Å². The number of nitro groups is 1. The third-order valence-corrected chi connectivity index (χ3v) is 5.74. The highest BCUT2D eigenvalue weighted by molar-refractivity contribution is 8.00. The first-order valence-electron chi connectivity index (χ1n) is 9.11. The minimum atomic E-state index is -0.602. The molecule has 1 N–H and O–H groups in total. The van der Waals surface area contributed by atoms with Crippen LogP contribution in [0.3, 0.4) is 0 Å². The van der Waals surface area contributed by atoms with Gasteiger partial charge in [0, 0.05) is 18.2 Å². The smallest absolute Gasteiger partial charge is 0.271 e. The standard InChI is InChI=1S/C20H19ClN4O4S/c1-11(2)24-19(27)14-6-4-5-7-16(14)23-20(24)30-12(3)18(26)22-17-9-8-13(25(28)29)10-15(17)21/h4-12H,1-3H3,(H,22,26). The molecule has 0 fully saturated rings. The number of fused-ring (bicyclic) bond motifs is 1. The molecule has 0 radical (unpaired) electrons. The van der Waals surface area contributed by atoms with Gasteiger partial charge in [-0.3, -0.25) is 24.3 Å². The Hall–Kier alpha value is -2.91. The second-order valence-electron chi connectivity index (χ2n) is 6.85. The van der Waals surface area contributed by atoms with Crippen LogP contribution in [0.25, 0.3) is 10.9 Å².